The Bertz CT molecular complexity index is 650. The average molecular weight is 488 g/mol. The number of halogens is 2. The molecule has 2 saturated carbocycles. The van der Waals surface area contributed by atoms with Gasteiger partial charge in [0.25, 0.3) is 0 Å². The van der Waals surface area contributed by atoms with Crippen molar-refractivity contribution in [3.8, 4) is 0 Å². The summed E-state index contributed by atoms with van der Waals surface area (Å²) in [4.78, 5) is 17.9. The van der Waals surface area contributed by atoms with Crippen LogP contribution >= 0.6 is 24.0 Å². The van der Waals surface area contributed by atoms with E-state index in [1.807, 2.05) is 0 Å². The summed E-state index contributed by atoms with van der Waals surface area (Å²) in [6.45, 7) is 0.828. The van der Waals surface area contributed by atoms with Gasteiger partial charge in [-0.25, -0.2) is 9.38 Å². The van der Waals surface area contributed by atoms with Crippen LogP contribution in [-0.4, -0.2) is 50.0 Å². The third-order valence-electron chi connectivity index (χ3n) is 5.55. The predicted molar refractivity (Wildman–Crippen MR) is 117 cm³/mol. The molecule has 0 saturated heterocycles. The van der Waals surface area contributed by atoms with E-state index < -0.39 is 0 Å². The van der Waals surface area contributed by atoms with E-state index in [0.29, 0.717) is 18.5 Å². The summed E-state index contributed by atoms with van der Waals surface area (Å²) in [5.41, 5.74) is 1.07. The number of fused-ring (bicyclic) bond motifs is 2. The van der Waals surface area contributed by atoms with Crippen molar-refractivity contribution >= 4 is 35.8 Å². The molecule has 27 heavy (non-hydrogen) atoms. The number of carbonyl (C=O) groups is 1. The highest BCUT2D eigenvalue weighted by atomic mass is 127. The molecule has 0 heterocycles. The average Bonchev–Trinajstić information content (AvgIpc) is 3.23. The number of likely N-dealkylation sites (N-methyl/N-ethyl adjacent to an activating group) is 1. The Morgan fingerprint density at radius 3 is 2.56 bits per heavy atom. The van der Waals surface area contributed by atoms with Crippen LogP contribution in [0.5, 0.6) is 0 Å². The minimum Gasteiger partial charge on any atom is -0.356 e. The number of aliphatic imine (C=N–C) groups is 1. The number of benzene rings is 1. The predicted octanol–water partition coefficient (Wildman–Crippen LogP) is 2.80. The van der Waals surface area contributed by atoms with Crippen molar-refractivity contribution in [2.24, 2.45) is 16.8 Å². The van der Waals surface area contributed by atoms with Crippen molar-refractivity contribution in [3.05, 3.63) is 35.6 Å². The van der Waals surface area contributed by atoms with E-state index in [2.05, 4.69) is 15.6 Å². The number of hydrogen-bond donors (Lipinski definition) is 2. The van der Waals surface area contributed by atoms with Gasteiger partial charge in [-0.15, -0.1) is 24.0 Å². The van der Waals surface area contributed by atoms with Crippen LogP contribution in [0.15, 0.2) is 29.3 Å². The van der Waals surface area contributed by atoms with E-state index in [9.17, 15) is 9.18 Å². The lowest BCUT2D eigenvalue weighted by atomic mass is 9.95. The molecule has 5 nitrogen and oxygen atoms in total. The van der Waals surface area contributed by atoms with Gasteiger partial charge in [0.15, 0.2) is 5.96 Å². The Morgan fingerprint density at radius 1 is 1.22 bits per heavy atom. The van der Waals surface area contributed by atoms with Gasteiger partial charge in [0.05, 0.1) is 0 Å². The van der Waals surface area contributed by atoms with Crippen LogP contribution in [0.2, 0.25) is 0 Å². The molecular weight excluding hydrogens is 458 g/mol. The fourth-order valence-corrected chi connectivity index (χ4v) is 4.01. The van der Waals surface area contributed by atoms with Gasteiger partial charge >= 0.3 is 0 Å². The number of guanidine groups is 1. The number of hydrogen-bond acceptors (Lipinski definition) is 2. The highest BCUT2D eigenvalue weighted by Gasteiger charge is 2.39. The Balaban J connectivity index is 0.00000261. The third kappa shape index (κ3) is 6.33. The van der Waals surface area contributed by atoms with Gasteiger partial charge in [-0.05, 0) is 55.2 Å². The maximum atomic E-state index is 13.0. The van der Waals surface area contributed by atoms with Crippen LogP contribution < -0.4 is 10.6 Å². The molecule has 2 N–H and O–H groups in total. The quantitative estimate of drug-likeness (QED) is 0.368. The molecule has 1 aromatic rings. The molecule has 0 aliphatic heterocycles. The van der Waals surface area contributed by atoms with Crippen LogP contribution in [0.3, 0.4) is 0 Å². The monoisotopic (exact) mass is 488 g/mol. The Labute approximate surface area is 178 Å². The number of nitrogens with zero attached hydrogens (tertiary/aromatic N) is 2. The molecule has 0 aromatic heterocycles. The zero-order valence-corrected chi connectivity index (χ0v) is 18.4. The fraction of sp³-hybridized carbons (Fsp3) is 0.600. The van der Waals surface area contributed by atoms with Crippen LogP contribution in [0.1, 0.15) is 31.2 Å². The third-order valence-corrected chi connectivity index (χ3v) is 5.55. The normalized spacial score (nSPS) is 23.7. The van der Waals surface area contributed by atoms with E-state index in [1.54, 1.807) is 31.1 Å². The first-order valence-corrected chi connectivity index (χ1v) is 9.50. The SMILES string of the molecule is CN(C)C(=O)CN=C(NCCc1ccc(F)cc1)NC1CC2CCC1C2.I. The second-order valence-corrected chi connectivity index (χ2v) is 7.68. The van der Waals surface area contributed by atoms with Crippen LogP contribution in [-0.2, 0) is 11.2 Å². The second kappa shape index (κ2) is 10.2. The molecule has 1 aromatic carbocycles. The molecule has 3 rings (SSSR count). The largest absolute Gasteiger partial charge is 0.356 e. The van der Waals surface area contributed by atoms with Crippen molar-refractivity contribution in [2.75, 3.05) is 27.2 Å². The van der Waals surface area contributed by atoms with Crippen LogP contribution in [0.25, 0.3) is 0 Å². The summed E-state index contributed by atoms with van der Waals surface area (Å²) in [6, 6.07) is 7.01. The van der Waals surface area contributed by atoms with Crippen molar-refractivity contribution < 1.29 is 9.18 Å². The summed E-state index contributed by atoms with van der Waals surface area (Å²) >= 11 is 0. The first-order valence-electron chi connectivity index (χ1n) is 9.50. The van der Waals surface area contributed by atoms with Gasteiger partial charge in [-0.3, -0.25) is 4.79 Å². The highest BCUT2D eigenvalue weighted by Crippen LogP contribution is 2.44. The van der Waals surface area contributed by atoms with E-state index in [1.165, 1.54) is 37.8 Å². The molecule has 0 spiro atoms. The highest BCUT2D eigenvalue weighted by molar-refractivity contribution is 14.0. The van der Waals surface area contributed by atoms with E-state index in [-0.39, 0.29) is 42.2 Å². The molecule has 3 unspecified atom stereocenters. The Kier molecular flexibility index (Phi) is 8.31. The standard InChI is InChI=1S/C20H29FN4O.HI/c1-25(2)19(26)13-23-20(24-18-12-15-3-6-16(18)11-15)22-10-9-14-4-7-17(21)8-5-14;/h4-5,7-8,15-16,18H,3,6,9-13H2,1-2H3,(H2,22,23,24);1H. The number of amides is 1. The molecule has 150 valence electrons. The molecule has 0 radical (unpaired) electrons. The molecule has 3 atom stereocenters. The molecular formula is C20H30FIN4O. The lowest BCUT2D eigenvalue weighted by molar-refractivity contribution is -0.127. The van der Waals surface area contributed by atoms with Gasteiger partial charge < -0.3 is 15.5 Å². The molecule has 1 amide bonds. The molecule has 7 heteroatoms. The number of nitrogens with one attached hydrogen (secondary N) is 2. The number of carbonyl (C=O) groups excluding carboxylic acids is 1. The first-order chi connectivity index (χ1) is 12.5. The lowest BCUT2D eigenvalue weighted by Crippen LogP contribution is -2.46. The van der Waals surface area contributed by atoms with Crippen molar-refractivity contribution in [1.82, 2.24) is 15.5 Å². The minimum atomic E-state index is -0.218. The molecule has 2 bridgehead atoms. The fourth-order valence-electron chi connectivity index (χ4n) is 4.01. The molecule has 2 aliphatic carbocycles. The van der Waals surface area contributed by atoms with Crippen molar-refractivity contribution in [3.63, 3.8) is 0 Å². The molecule has 2 aliphatic rings. The maximum Gasteiger partial charge on any atom is 0.243 e. The van der Waals surface area contributed by atoms with E-state index in [0.717, 1.165) is 23.8 Å². The molecule has 2 fully saturated rings. The van der Waals surface area contributed by atoms with Gasteiger partial charge in [0.1, 0.15) is 12.4 Å². The Morgan fingerprint density at radius 2 is 1.96 bits per heavy atom. The second-order valence-electron chi connectivity index (χ2n) is 7.68. The summed E-state index contributed by atoms with van der Waals surface area (Å²) in [5, 5.41) is 6.88. The maximum absolute atomic E-state index is 13.0. The Hall–Kier alpha value is -1.38. The van der Waals surface area contributed by atoms with Gasteiger partial charge in [-0.1, -0.05) is 18.6 Å². The van der Waals surface area contributed by atoms with Crippen LogP contribution in [0.4, 0.5) is 4.39 Å². The van der Waals surface area contributed by atoms with Gasteiger partial charge in [0.2, 0.25) is 5.91 Å². The summed E-state index contributed by atoms with van der Waals surface area (Å²) in [7, 11) is 3.48. The van der Waals surface area contributed by atoms with Crippen molar-refractivity contribution in [1.29, 1.82) is 0 Å². The zero-order chi connectivity index (χ0) is 18.5. The summed E-state index contributed by atoms with van der Waals surface area (Å²) in [5.74, 6) is 2.05. The lowest BCUT2D eigenvalue weighted by Gasteiger charge is -2.25. The van der Waals surface area contributed by atoms with Gasteiger partial charge in [-0.2, -0.15) is 0 Å². The van der Waals surface area contributed by atoms with E-state index in [4.69, 9.17) is 0 Å². The number of rotatable bonds is 6. The van der Waals surface area contributed by atoms with Crippen molar-refractivity contribution in [2.45, 2.75) is 38.1 Å². The summed E-state index contributed by atoms with van der Waals surface area (Å²) < 4.78 is 13.0. The minimum absolute atomic E-state index is 0. The smallest absolute Gasteiger partial charge is 0.243 e. The van der Waals surface area contributed by atoms with E-state index >= 15 is 0 Å². The topological polar surface area (TPSA) is 56.7 Å². The first kappa shape index (κ1) is 21.9. The summed E-state index contributed by atoms with van der Waals surface area (Å²) in [6.07, 6.45) is 5.94. The zero-order valence-electron chi connectivity index (χ0n) is 16.1. The van der Waals surface area contributed by atoms with Gasteiger partial charge in [0, 0.05) is 26.7 Å². The van der Waals surface area contributed by atoms with Crippen LogP contribution in [0, 0.1) is 17.7 Å².